The van der Waals surface area contributed by atoms with Crippen LogP contribution in [0.5, 0.6) is 0 Å². The molecule has 1 saturated heterocycles. The first-order chi connectivity index (χ1) is 14.3. The van der Waals surface area contributed by atoms with Gasteiger partial charge in [0, 0.05) is 24.2 Å². The molecule has 1 aliphatic rings. The third-order valence-electron chi connectivity index (χ3n) is 5.59. The number of hydrogen-bond acceptors (Lipinski definition) is 3. The summed E-state index contributed by atoms with van der Waals surface area (Å²) in [6.45, 7) is 7.00. The number of carbonyl (C=O) groups excluding carboxylic acids is 1. The maximum atomic E-state index is 13.2. The van der Waals surface area contributed by atoms with E-state index in [1.54, 1.807) is 17.3 Å². The monoisotopic (exact) mass is 424 g/mol. The lowest BCUT2D eigenvalue weighted by Crippen LogP contribution is -2.38. The average molecular weight is 425 g/mol. The van der Waals surface area contributed by atoms with Gasteiger partial charge in [-0.15, -0.1) is 0 Å². The number of piperidine rings is 1. The van der Waals surface area contributed by atoms with Crippen LogP contribution >= 0.6 is 0 Å². The Labute approximate surface area is 179 Å². The van der Waals surface area contributed by atoms with E-state index in [1.807, 2.05) is 37.3 Å². The lowest BCUT2D eigenvalue weighted by molar-refractivity contribution is 0.0958. The number of amides is 1. The van der Waals surface area contributed by atoms with Crippen LogP contribution in [-0.4, -0.2) is 38.3 Å². The summed E-state index contributed by atoms with van der Waals surface area (Å²) in [6, 6.07) is 12.8. The Balaban J connectivity index is 1.77. The molecule has 1 N–H and O–H groups in total. The summed E-state index contributed by atoms with van der Waals surface area (Å²) in [5.41, 5.74) is 2.68. The van der Waals surface area contributed by atoms with Crippen molar-refractivity contribution in [3.63, 3.8) is 0 Å². The molecule has 5 nitrogen and oxygen atoms in total. The van der Waals surface area contributed by atoms with Gasteiger partial charge in [-0.3, -0.25) is 4.79 Å². The number of nitrogens with one attached hydrogen (secondary N) is 1. The predicted octanol–water partition coefficient (Wildman–Crippen LogP) is 3.51. The summed E-state index contributed by atoms with van der Waals surface area (Å²) in [7, 11) is -3.63. The zero-order valence-electron chi connectivity index (χ0n) is 17.7. The Morgan fingerprint density at radius 1 is 1.13 bits per heavy atom. The lowest BCUT2D eigenvalue weighted by Gasteiger charge is -2.30. The first kappa shape index (κ1) is 22.1. The van der Waals surface area contributed by atoms with Crippen molar-refractivity contribution in [2.45, 2.75) is 38.5 Å². The highest BCUT2D eigenvalue weighted by molar-refractivity contribution is 7.89. The van der Waals surface area contributed by atoms with Crippen molar-refractivity contribution < 1.29 is 13.2 Å². The molecule has 6 heteroatoms. The molecule has 0 unspecified atom stereocenters. The van der Waals surface area contributed by atoms with E-state index in [0.717, 1.165) is 24.0 Å². The summed E-state index contributed by atoms with van der Waals surface area (Å²) >= 11 is 0. The molecule has 30 heavy (non-hydrogen) atoms. The van der Waals surface area contributed by atoms with Gasteiger partial charge in [0.15, 0.2) is 0 Å². The SMILES string of the molecule is Cc1cc(C(=O)NCC#Cc2ccccc2)cc(S(=O)(=O)N2CCC(C)CC2)c1C. The minimum Gasteiger partial charge on any atom is -0.341 e. The topological polar surface area (TPSA) is 66.5 Å². The third-order valence-corrected chi connectivity index (χ3v) is 7.61. The lowest BCUT2D eigenvalue weighted by atomic mass is 10.0. The molecule has 2 aromatic carbocycles. The largest absolute Gasteiger partial charge is 0.341 e. The summed E-state index contributed by atoms with van der Waals surface area (Å²) in [6.07, 6.45) is 1.72. The highest BCUT2D eigenvalue weighted by Crippen LogP contribution is 2.28. The Bertz CT molecular complexity index is 1070. The van der Waals surface area contributed by atoms with Gasteiger partial charge in [0.05, 0.1) is 11.4 Å². The maximum Gasteiger partial charge on any atom is 0.252 e. The summed E-state index contributed by atoms with van der Waals surface area (Å²) in [5.74, 6) is 6.11. The van der Waals surface area contributed by atoms with Crippen LogP contribution in [0.15, 0.2) is 47.4 Å². The van der Waals surface area contributed by atoms with Crippen LogP contribution in [0.25, 0.3) is 0 Å². The molecule has 1 aliphatic heterocycles. The van der Waals surface area contributed by atoms with Crippen molar-refractivity contribution in [1.82, 2.24) is 9.62 Å². The average Bonchev–Trinajstić information content (AvgIpc) is 2.73. The zero-order valence-corrected chi connectivity index (χ0v) is 18.6. The van der Waals surface area contributed by atoms with Gasteiger partial charge in [-0.25, -0.2) is 8.42 Å². The van der Waals surface area contributed by atoms with E-state index in [-0.39, 0.29) is 17.3 Å². The number of rotatable bonds is 4. The second-order valence-corrected chi connectivity index (χ2v) is 9.76. The van der Waals surface area contributed by atoms with Crippen LogP contribution in [0, 0.1) is 31.6 Å². The number of aryl methyl sites for hydroxylation is 1. The van der Waals surface area contributed by atoms with Crippen molar-refractivity contribution in [1.29, 1.82) is 0 Å². The zero-order chi connectivity index (χ0) is 21.7. The third kappa shape index (κ3) is 5.10. The van der Waals surface area contributed by atoms with E-state index in [4.69, 9.17) is 0 Å². The fourth-order valence-corrected chi connectivity index (χ4v) is 5.28. The first-order valence-electron chi connectivity index (χ1n) is 10.2. The quantitative estimate of drug-likeness (QED) is 0.764. The van der Waals surface area contributed by atoms with Gasteiger partial charge in [-0.05, 0) is 68.0 Å². The van der Waals surface area contributed by atoms with E-state index in [9.17, 15) is 13.2 Å². The van der Waals surface area contributed by atoms with E-state index in [0.29, 0.717) is 30.1 Å². The summed E-state index contributed by atoms with van der Waals surface area (Å²) < 4.78 is 28.0. The van der Waals surface area contributed by atoms with Crippen LogP contribution in [0.2, 0.25) is 0 Å². The van der Waals surface area contributed by atoms with Crippen molar-refractivity contribution in [3.05, 3.63) is 64.7 Å². The van der Waals surface area contributed by atoms with Crippen LogP contribution in [-0.2, 0) is 10.0 Å². The van der Waals surface area contributed by atoms with E-state index < -0.39 is 10.0 Å². The van der Waals surface area contributed by atoms with Gasteiger partial charge < -0.3 is 5.32 Å². The van der Waals surface area contributed by atoms with Gasteiger partial charge in [-0.2, -0.15) is 4.31 Å². The molecule has 1 amide bonds. The molecule has 0 bridgehead atoms. The van der Waals surface area contributed by atoms with Crippen molar-refractivity contribution >= 4 is 15.9 Å². The van der Waals surface area contributed by atoms with Gasteiger partial charge in [-0.1, -0.05) is 37.0 Å². The molecule has 0 spiro atoms. The first-order valence-corrected chi connectivity index (χ1v) is 11.7. The molecule has 0 aromatic heterocycles. The smallest absolute Gasteiger partial charge is 0.252 e. The minimum absolute atomic E-state index is 0.187. The number of sulfonamides is 1. The summed E-state index contributed by atoms with van der Waals surface area (Å²) in [4.78, 5) is 12.9. The molecule has 158 valence electrons. The molecule has 1 fully saturated rings. The highest BCUT2D eigenvalue weighted by atomic mass is 32.2. The van der Waals surface area contributed by atoms with Gasteiger partial charge in [0.2, 0.25) is 10.0 Å². The minimum atomic E-state index is -3.63. The molecule has 0 saturated carbocycles. The van der Waals surface area contributed by atoms with Crippen LogP contribution < -0.4 is 5.32 Å². The number of hydrogen-bond donors (Lipinski definition) is 1. The van der Waals surface area contributed by atoms with Crippen LogP contribution in [0.1, 0.15) is 46.8 Å². The molecule has 0 radical (unpaired) electrons. The van der Waals surface area contributed by atoms with Crippen molar-refractivity contribution in [2.24, 2.45) is 5.92 Å². The Morgan fingerprint density at radius 2 is 1.80 bits per heavy atom. The second kappa shape index (κ2) is 9.46. The number of benzene rings is 2. The van der Waals surface area contributed by atoms with Crippen molar-refractivity contribution in [2.75, 3.05) is 19.6 Å². The molecule has 3 rings (SSSR count). The molecule has 1 heterocycles. The van der Waals surface area contributed by atoms with E-state index in [1.165, 1.54) is 6.07 Å². The van der Waals surface area contributed by atoms with Gasteiger partial charge in [0.1, 0.15) is 0 Å². The Morgan fingerprint density at radius 3 is 2.47 bits per heavy atom. The Hall–Kier alpha value is -2.62. The molecular formula is C24H28N2O3S. The van der Waals surface area contributed by atoms with Gasteiger partial charge in [0.25, 0.3) is 5.91 Å². The molecule has 0 atom stereocenters. The number of nitrogens with zero attached hydrogens (tertiary/aromatic N) is 1. The summed E-state index contributed by atoms with van der Waals surface area (Å²) in [5, 5.41) is 2.76. The fourth-order valence-electron chi connectivity index (χ4n) is 3.48. The normalized spacial score (nSPS) is 15.3. The standard InChI is InChI=1S/C24H28N2O3S/c1-18-11-14-26(15-12-18)30(28,29)23-17-22(16-19(2)20(23)3)24(27)25-13-7-10-21-8-5-4-6-9-21/h4-6,8-9,16-18H,11-15H2,1-3H3,(H,25,27). The molecule has 2 aromatic rings. The van der Waals surface area contributed by atoms with Gasteiger partial charge >= 0.3 is 0 Å². The highest BCUT2D eigenvalue weighted by Gasteiger charge is 2.30. The fraction of sp³-hybridized carbons (Fsp3) is 0.375. The van der Waals surface area contributed by atoms with Crippen LogP contribution in [0.4, 0.5) is 0 Å². The maximum absolute atomic E-state index is 13.2. The van der Waals surface area contributed by atoms with Crippen LogP contribution in [0.3, 0.4) is 0 Å². The molecule has 0 aliphatic carbocycles. The number of carbonyl (C=O) groups is 1. The van der Waals surface area contributed by atoms with E-state index in [2.05, 4.69) is 24.1 Å². The second-order valence-electron chi connectivity index (χ2n) is 7.85. The van der Waals surface area contributed by atoms with E-state index >= 15 is 0 Å². The predicted molar refractivity (Wildman–Crippen MR) is 119 cm³/mol. The Kier molecular flexibility index (Phi) is 6.96. The van der Waals surface area contributed by atoms with Crippen molar-refractivity contribution in [3.8, 4) is 11.8 Å². The molecular weight excluding hydrogens is 396 g/mol.